The molecule has 0 aliphatic heterocycles. The predicted octanol–water partition coefficient (Wildman–Crippen LogP) is 2.07. The summed E-state index contributed by atoms with van der Waals surface area (Å²) in [6.07, 6.45) is 5.09. The van der Waals surface area contributed by atoms with E-state index in [0.29, 0.717) is 6.61 Å². The van der Waals surface area contributed by atoms with E-state index in [1.807, 2.05) is 19.9 Å². The highest BCUT2D eigenvalue weighted by Gasteiger charge is 1.91. The Bertz CT molecular complexity index is 178. The molecule has 0 bridgehead atoms. The van der Waals surface area contributed by atoms with Crippen LogP contribution in [0.1, 0.15) is 20.8 Å². The van der Waals surface area contributed by atoms with Crippen molar-refractivity contribution in [3.8, 4) is 0 Å². The van der Waals surface area contributed by atoms with Crippen LogP contribution in [0.4, 0.5) is 0 Å². The Morgan fingerprint density at radius 3 is 2.55 bits per heavy atom. The van der Waals surface area contributed by atoms with Gasteiger partial charge in [0.25, 0.3) is 0 Å². The van der Waals surface area contributed by atoms with E-state index in [1.54, 1.807) is 13.0 Å². The van der Waals surface area contributed by atoms with Crippen LogP contribution in [0.25, 0.3) is 0 Å². The topological polar surface area (TPSA) is 26.3 Å². The number of carbonyl (C=O) groups excluding carboxylic acids is 1. The van der Waals surface area contributed by atoms with Crippen LogP contribution in [0.2, 0.25) is 0 Å². The molecule has 0 saturated heterocycles. The molecule has 0 aliphatic rings. The van der Waals surface area contributed by atoms with E-state index in [1.165, 1.54) is 6.08 Å². The molecule has 0 atom stereocenters. The van der Waals surface area contributed by atoms with E-state index < -0.39 is 0 Å². The largest absolute Gasteiger partial charge is 0.463 e. The Morgan fingerprint density at radius 2 is 2.09 bits per heavy atom. The molecule has 0 heterocycles. The van der Waals surface area contributed by atoms with Crippen molar-refractivity contribution in [2.24, 2.45) is 0 Å². The average Bonchev–Trinajstić information content (AvgIpc) is 2.01. The fraction of sp³-hybridized carbons (Fsp3) is 0.444. The van der Waals surface area contributed by atoms with Gasteiger partial charge in [-0.1, -0.05) is 17.7 Å². The van der Waals surface area contributed by atoms with Crippen molar-refractivity contribution in [1.29, 1.82) is 0 Å². The normalized spacial score (nSPS) is 12.1. The van der Waals surface area contributed by atoms with Gasteiger partial charge in [0.2, 0.25) is 0 Å². The number of esters is 1. The summed E-state index contributed by atoms with van der Waals surface area (Å²) in [5, 5.41) is 0. The lowest BCUT2D eigenvalue weighted by Gasteiger charge is -1.93. The summed E-state index contributed by atoms with van der Waals surface area (Å²) in [6, 6.07) is 0. The summed E-state index contributed by atoms with van der Waals surface area (Å²) < 4.78 is 4.68. The van der Waals surface area contributed by atoms with Gasteiger partial charge in [-0.3, -0.25) is 0 Å². The minimum atomic E-state index is -0.284. The van der Waals surface area contributed by atoms with Crippen molar-refractivity contribution < 1.29 is 9.53 Å². The van der Waals surface area contributed by atoms with E-state index in [2.05, 4.69) is 4.74 Å². The Labute approximate surface area is 67.6 Å². The van der Waals surface area contributed by atoms with Gasteiger partial charge in [-0.25, -0.2) is 4.79 Å². The van der Waals surface area contributed by atoms with Crippen molar-refractivity contribution in [2.75, 3.05) is 6.61 Å². The zero-order chi connectivity index (χ0) is 8.69. The number of allylic oxidation sites excluding steroid dienone is 3. The van der Waals surface area contributed by atoms with Gasteiger partial charge < -0.3 is 4.74 Å². The maximum absolute atomic E-state index is 10.7. The number of hydrogen-bond acceptors (Lipinski definition) is 2. The zero-order valence-electron chi connectivity index (χ0n) is 7.26. The summed E-state index contributed by atoms with van der Waals surface area (Å²) >= 11 is 0. The summed E-state index contributed by atoms with van der Waals surface area (Å²) in [7, 11) is 0. The van der Waals surface area contributed by atoms with Crippen molar-refractivity contribution in [1.82, 2.24) is 0 Å². The monoisotopic (exact) mass is 154 g/mol. The molecule has 0 radical (unpaired) electrons. The molecule has 2 heteroatoms. The Balaban J connectivity index is 3.83. The first-order valence-electron chi connectivity index (χ1n) is 3.68. The molecule has 62 valence electrons. The van der Waals surface area contributed by atoms with Crippen LogP contribution in [-0.2, 0) is 9.53 Å². The molecule has 0 rings (SSSR count). The molecule has 0 N–H and O–H groups in total. The minimum absolute atomic E-state index is 0.284. The highest BCUT2D eigenvalue weighted by atomic mass is 16.5. The van der Waals surface area contributed by atoms with Crippen molar-refractivity contribution in [3.63, 3.8) is 0 Å². The molecule has 11 heavy (non-hydrogen) atoms. The van der Waals surface area contributed by atoms with Crippen LogP contribution < -0.4 is 0 Å². The Morgan fingerprint density at radius 1 is 1.45 bits per heavy atom. The molecular weight excluding hydrogens is 140 g/mol. The van der Waals surface area contributed by atoms with Gasteiger partial charge in [-0.05, 0) is 20.8 Å². The van der Waals surface area contributed by atoms with E-state index >= 15 is 0 Å². The summed E-state index contributed by atoms with van der Waals surface area (Å²) in [5.74, 6) is -0.284. The molecule has 0 aromatic carbocycles. The second-order valence-corrected chi connectivity index (χ2v) is 2.12. The van der Waals surface area contributed by atoms with Crippen LogP contribution in [0.5, 0.6) is 0 Å². The van der Waals surface area contributed by atoms with Crippen molar-refractivity contribution in [2.45, 2.75) is 20.8 Å². The molecule has 0 aromatic rings. The van der Waals surface area contributed by atoms with Crippen LogP contribution in [-0.4, -0.2) is 12.6 Å². The lowest BCUT2D eigenvalue weighted by atomic mass is 10.3. The maximum Gasteiger partial charge on any atom is 0.330 e. The second kappa shape index (κ2) is 5.71. The lowest BCUT2D eigenvalue weighted by molar-refractivity contribution is -0.137. The third-order valence-electron chi connectivity index (χ3n) is 1.22. The van der Waals surface area contributed by atoms with Gasteiger partial charge in [-0.2, -0.15) is 0 Å². The Kier molecular flexibility index (Phi) is 5.17. The molecule has 0 fully saturated rings. The first-order chi connectivity index (χ1) is 5.20. The Hall–Kier alpha value is -1.05. The molecular formula is C9H14O2. The third kappa shape index (κ3) is 5.40. The van der Waals surface area contributed by atoms with Crippen LogP contribution in [0.15, 0.2) is 23.8 Å². The fourth-order valence-electron chi connectivity index (χ4n) is 0.486. The molecule has 2 nitrogen and oxygen atoms in total. The molecule has 0 aromatic heterocycles. The summed E-state index contributed by atoms with van der Waals surface area (Å²) in [5.41, 5.74) is 1.05. The highest BCUT2D eigenvalue weighted by molar-refractivity contribution is 5.82. The van der Waals surface area contributed by atoms with Gasteiger partial charge in [0.05, 0.1) is 6.61 Å². The van der Waals surface area contributed by atoms with Gasteiger partial charge >= 0.3 is 5.97 Å². The number of ether oxygens (including phenoxy) is 1. The number of rotatable bonds is 3. The second-order valence-electron chi connectivity index (χ2n) is 2.12. The third-order valence-corrected chi connectivity index (χ3v) is 1.22. The first kappa shape index (κ1) is 9.95. The van der Waals surface area contributed by atoms with Crippen LogP contribution >= 0.6 is 0 Å². The summed E-state index contributed by atoms with van der Waals surface area (Å²) in [6.45, 7) is 6.06. The molecule has 0 aliphatic carbocycles. The van der Waals surface area contributed by atoms with Crippen LogP contribution in [0, 0.1) is 0 Å². The van der Waals surface area contributed by atoms with E-state index in [4.69, 9.17) is 0 Å². The van der Waals surface area contributed by atoms with Gasteiger partial charge in [-0.15, -0.1) is 0 Å². The molecule has 0 saturated carbocycles. The maximum atomic E-state index is 10.7. The smallest absolute Gasteiger partial charge is 0.330 e. The minimum Gasteiger partial charge on any atom is -0.463 e. The van der Waals surface area contributed by atoms with Gasteiger partial charge in [0.15, 0.2) is 0 Å². The van der Waals surface area contributed by atoms with Crippen LogP contribution in [0.3, 0.4) is 0 Å². The molecule has 0 spiro atoms. The number of hydrogen-bond donors (Lipinski definition) is 0. The van der Waals surface area contributed by atoms with E-state index in [0.717, 1.165) is 5.57 Å². The average molecular weight is 154 g/mol. The van der Waals surface area contributed by atoms with Gasteiger partial charge in [0, 0.05) is 6.08 Å². The molecule has 0 unspecified atom stereocenters. The lowest BCUT2D eigenvalue weighted by Crippen LogP contribution is -1.98. The zero-order valence-corrected chi connectivity index (χ0v) is 7.26. The fourth-order valence-corrected chi connectivity index (χ4v) is 0.486. The summed E-state index contributed by atoms with van der Waals surface area (Å²) in [4.78, 5) is 10.7. The van der Waals surface area contributed by atoms with E-state index in [-0.39, 0.29) is 5.97 Å². The number of carbonyl (C=O) groups is 1. The van der Waals surface area contributed by atoms with Gasteiger partial charge in [0.1, 0.15) is 0 Å². The first-order valence-corrected chi connectivity index (χ1v) is 3.68. The quantitative estimate of drug-likeness (QED) is 0.353. The SMILES string of the molecule is CC=C(C)C=CC(=O)OCC. The predicted molar refractivity (Wildman–Crippen MR) is 45.2 cm³/mol. The highest BCUT2D eigenvalue weighted by Crippen LogP contribution is 1.93. The van der Waals surface area contributed by atoms with E-state index in [9.17, 15) is 4.79 Å². The molecule has 0 amide bonds. The standard InChI is InChI=1S/C9H14O2/c1-4-8(3)6-7-9(10)11-5-2/h4,6-7H,5H2,1-3H3. The van der Waals surface area contributed by atoms with Crippen molar-refractivity contribution >= 4 is 5.97 Å². The van der Waals surface area contributed by atoms with Crippen molar-refractivity contribution in [3.05, 3.63) is 23.8 Å².